The third-order valence-electron chi connectivity index (χ3n) is 4.37. The van der Waals surface area contributed by atoms with Crippen LogP contribution in [0.2, 0.25) is 0 Å². The number of hydrogen-bond donors (Lipinski definition) is 0. The molecule has 0 saturated carbocycles. The zero-order valence-electron chi connectivity index (χ0n) is 14.1. The van der Waals surface area contributed by atoms with Gasteiger partial charge < -0.3 is 9.09 Å². The Kier molecular flexibility index (Phi) is 3.69. The van der Waals surface area contributed by atoms with Gasteiger partial charge in [0, 0.05) is 23.7 Å². The molecule has 0 aliphatic heterocycles. The fourth-order valence-electron chi connectivity index (χ4n) is 3.03. The zero-order chi connectivity index (χ0) is 17.4. The summed E-state index contributed by atoms with van der Waals surface area (Å²) in [7, 11) is 0. The van der Waals surface area contributed by atoms with Gasteiger partial charge in [0.15, 0.2) is 0 Å². The van der Waals surface area contributed by atoms with Crippen LogP contribution in [-0.2, 0) is 6.54 Å². The maximum Gasteiger partial charge on any atom is 0.263 e. The summed E-state index contributed by atoms with van der Waals surface area (Å²) in [5.74, 6) is 0.736. The molecule has 0 aliphatic carbocycles. The smallest absolute Gasteiger partial charge is 0.263 e. The SMILES string of the molecule is CCn1cc(-c2nc(-c3ccccc3C)no2)c(=O)c2ccccc21. The normalized spacial score (nSPS) is 11.1. The lowest BCUT2D eigenvalue weighted by Crippen LogP contribution is -2.11. The molecule has 0 atom stereocenters. The van der Waals surface area contributed by atoms with Gasteiger partial charge in [-0.3, -0.25) is 4.79 Å². The zero-order valence-corrected chi connectivity index (χ0v) is 14.1. The van der Waals surface area contributed by atoms with E-state index in [2.05, 4.69) is 10.1 Å². The van der Waals surface area contributed by atoms with Crippen LogP contribution in [0.1, 0.15) is 12.5 Å². The van der Waals surface area contributed by atoms with Gasteiger partial charge in [0.05, 0.1) is 5.52 Å². The summed E-state index contributed by atoms with van der Waals surface area (Å²) in [5, 5.41) is 4.72. The average molecular weight is 331 g/mol. The van der Waals surface area contributed by atoms with E-state index in [-0.39, 0.29) is 11.3 Å². The summed E-state index contributed by atoms with van der Waals surface area (Å²) in [6, 6.07) is 15.4. The van der Waals surface area contributed by atoms with E-state index in [1.54, 1.807) is 6.20 Å². The predicted molar refractivity (Wildman–Crippen MR) is 97.3 cm³/mol. The Balaban J connectivity index is 1.90. The lowest BCUT2D eigenvalue weighted by Gasteiger charge is -2.09. The Morgan fingerprint density at radius 3 is 2.60 bits per heavy atom. The number of hydrogen-bond acceptors (Lipinski definition) is 4. The molecule has 0 radical (unpaired) electrons. The molecule has 2 aromatic heterocycles. The predicted octanol–water partition coefficient (Wildman–Crippen LogP) is 4.05. The lowest BCUT2D eigenvalue weighted by atomic mass is 10.1. The van der Waals surface area contributed by atoms with Gasteiger partial charge in [-0.2, -0.15) is 4.98 Å². The lowest BCUT2D eigenvalue weighted by molar-refractivity contribution is 0.431. The number of fused-ring (bicyclic) bond motifs is 1. The summed E-state index contributed by atoms with van der Waals surface area (Å²) in [5.41, 5.74) is 3.18. The van der Waals surface area contributed by atoms with Gasteiger partial charge >= 0.3 is 0 Å². The van der Waals surface area contributed by atoms with Crippen molar-refractivity contribution in [2.75, 3.05) is 0 Å². The summed E-state index contributed by atoms with van der Waals surface area (Å²) < 4.78 is 7.43. The third-order valence-corrected chi connectivity index (χ3v) is 4.37. The first-order valence-corrected chi connectivity index (χ1v) is 8.21. The molecule has 4 aromatic rings. The van der Waals surface area contributed by atoms with Gasteiger partial charge in [0.25, 0.3) is 5.89 Å². The van der Waals surface area contributed by atoms with E-state index in [9.17, 15) is 4.79 Å². The molecule has 5 nitrogen and oxygen atoms in total. The molecule has 2 heterocycles. The minimum absolute atomic E-state index is 0.0970. The van der Waals surface area contributed by atoms with Crippen LogP contribution < -0.4 is 5.43 Å². The molecule has 0 bridgehead atoms. The highest BCUT2D eigenvalue weighted by molar-refractivity contribution is 5.82. The van der Waals surface area contributed by atoms with Crippen LogP contribution in [0, 0.1) is 6.92 Å². The number of aryl methyl sites for hydroxylation is 2. The number of para-hydroxylation sites is 1. The van der Waals surface area contributed by atoms with Crippen LogP contribution in [-0.4, -0.2) is 14.7 Å². The number of nitrogens with zero attached hydrogens (tertiary/aromatic N) is 3. The van der Waals surface area contributed by atoms with E-state index < -0.39 is 0 Å². The number of rotatable bonds is 3. The topological polar surface area (TPSA) is 60.9 Å². The summed E-state index contributed by atoms with van der Waals surface area (Å²) >= 11 is 0. The second-order valence-electron chi connectivity index (χ2n) is 5.91. The minimum atomic E-state index is -0.0970. The minimum Gasteiger partial charge on any atom is -0.347 e. The first kappa shape index (κ1) is 15.3. The summed E-state index contributed by atoms with van der Waals surface area (Å²) in [4.78, 5) is 17.3. The maximum atomic E-state index is 12.9. The van der Waals surface area contributed by atoms with Crippen molar-refractivity contribution >= 4 is 10.9 Å². The van der Waals surface area contributed by atoms with Crippen LogP contribution in [0.3, 0.4) is 0 Å². The van der Waals surface area contributed by atoms with Crippen molar-refractivity contribution in [2.24, 2.45) is 0 Å². The van der Waals surface area contributed by atoms with Crippen molar-refractivity contribution < 1.29 is 4.52 Å². The Hall–Kier alpha value is -3.21. The fraction of sp³-hybridized carbons (Fsp3) is 0.150. The fourth-order valence-corrected chi connectivity index (χ4v) is 3.03. The van der Waals surface area contributed by atoms with Crippen molar-refractivity contribution in [2.45, 2.75) is 20.4 Å². The van der Waals surface area contributed by atoms with Crippen LogP contribution >= 0.6 is 0 Å². The molecule has 0 amide bonds. The second kappa shape index (κ2) is 6.02. The molecule has 0 unspecified atom stereocenters. The number of benzene rings is 2. The molecule has 2 aromatic carbocycles. The molecule has 0 N–H and O–H groups in total. The molecule has 5 heteroatoms. The quantitative estimate of drug-likeness (QED) is 0.568. The van der Waals surface area contributed by atoms with Crippen molar-refractivity contribution in [3.05, 3.63) is 70.5 Å². The van der Waals surface area contributed by atoms with Gasteiger partial charge in [0.2, 0.25) is 11.3 Å². The van der Waals surface area contributed by atoms with Crippen molar-refractivity contribution in [3.8, 4) is 22.8 Å². The Morgan fingerprint density at radius 2 is 1.80 bits per heavy atom. The summed E-state index contributed by atoms with van der Waals surface area (Å²) in [6.07, 6.45) is 1.79. The standard InChI is InChI=1S/C20H17N3O2/c1-3-23-12-16(18(24)15-10-6-7-11-17(15)23)20-21-19(22-25-20)14-9-5-4-8-13(14)2/h4-12H,3H2,1-2H3. The van der Waals surface area contributed by atoms with E-state index in [4.69, 9.17) is 4.52 Å². The highest BCUT2D eigenvalue weighted by atomic mass is 16.5. The van der Waals surface area contributed by atoms with E-state index >= 15 is 0 Å². The Morgan fingerprint density at radius 1 is 1.04 bits per heavy atom. The van der Waals surface area contributed by atoms with Crippen LogP contribution in [0.15, 0.2) is 64.0 Å². The van der Waals surface area contributed by atoms with E-state index in [0.29, 0.717) is 16.8 Å². The molecule has 4 rings (SSSR count). The average Bonchev–Trinajstić information content (AvgIpc) is 3.12. The van der Waals surface area contributed by atoms with Crippen molar-refractivity contribution in [3.63, 3.8) is 0 Å². The second-order valence-corrected chi connectivity index (χ2v) is 5.91. The molecule has 0 saturated heterocycles. The molecular formula is C20H17N3O2. The first-order valence-electron chi connectivity index (χ1n) is 8.21. The van der Waals surface area contributed by atoms with Gasteiger partial charge in [0.1, 0.15) is 5.56 Å². The van der Waals surface area contributed by atoms with Gasteiger partial charge in [-0.05, 0) is 31.5 Å². The first-order chi connectivity index (χ1) is 12.2. The highest BCUT2D eigenvalue weighted by Gasteiger charge is 2.17. The van der Waals surface area contributed by atoms with Crippen LogP contribution in [0.25, 0.3) is 33.7 Å². The number of aromatic nitrogens is 3. The molecule has 0 spiro atoms. The van der Waals surface area contributed by atoms with Gasteiger partial charge in [-0.25, -0.2) is 0 Å². The Bertz CT molecular complexity index is 1130. The Labute approximate surface area is 144 Å². The summed E-state index contributed by atoms with van der Waals surface area (Å²) in [6.45, 7) is 4.77. The van der Waals surface area contributed by atoms with E-state index in [1.165, 1.54) is 0 Å². The van der Waals surface area contributed by atoms with Crippen LogP contribution in [0.5, 0.6) is 0 Å². The van der Waals surface area contributed by atoms with Crippen molar-refractivity contribution in [1.29, 1.82) is 0 Å². The largest absolute Gasteiger partial charge is 0.347 e. The maximum absolute atomic E-state index is 12.9. The third kappa shape index (κ3) is 2.54. The van der Waals surface area contributed by atoms with Gasteiger partial charge in [-0.1, -0.05) is 41.6 Å². The molecule has 0 fully saturated rings. The molecule has 0 aliphatic rings. The van der Waals surface area contributed by atoms with Crippen molar-refractivity contribution in [1.82, 2.24) is 14.7 Å². The monoisotopic (exact) mass is 331 g/mol. The molecule has 124 valence electrons. The highest BCUT2D eigenvalue weighted by Crippen LogP contribution is 2.24. The van der Waals surface area contributed by atoms with E-state index in [1.807, 2.05) is 66.9 Å². The van der Waals surface area contributed by atoms with E-state index in [0.717, 1.165) is 23.2 Å². The molecular weight excluding hydrogens is 314 g/mol. The number of pyridine rings is 1. The van der Waals surface area contributed by atoms with Gasteiger partial charge in [-0.15, -0.1) is 0 Å². The van der Waals surface area contributed by atoms with Crippen LogP contribution in [0.4, 0.5) is 0 Å². The molecule has 25 heavy (non-hydrogen) atoms.